The van der Waals surface area contributed by atoms with Crippen molar-refractivity contribution in [1.29, 1.82) is 0 Å². The van der Waals surface area contributed by atoms with E-state index in [-0.39, 0.29) is 34.3 Å². The molecule has 0 atom stereocenters. The zero-order valence-corrected chi connectivity index (χ0v) is 17.5. The number of amides is 2. The quantitative estimate of drug-likeness (QED) is 0.334. The number of halogens is 1. The fourth-order valence-electron chi connectivity index (χ4n) is 4.21. The molecule has 9 heteroatoms. The fraction of sp³-hybridized carbons (Fsp3) is 0.333. The SMILES string of the molecule is Cc1c2c(cc3[nH]c(/C(C=O)=C(Cl)/C=C\N)nc13)C(=O)N(C1CCN(C)CC1)C2=O. The largest absolute Gasteiger partial charge is 0.405 e. The van der Waals surface area contributed by atoms with Gasteiger partial charge in [0.15, 0.2) is 6.29 Å². The third-order valence-corrected chi connectivity index (χ3v) is 6.16. The van der Waals surface area contributed by atoms with Gasteiger partial charge >= 0.3 is 0 Å². The number of hydrogen-bond donors (Lipinski definition) is 2. The van der Waals surface area contributed by atoms with E-state index in [0.717, 1.165) is 25.9 Å². The van der Waals surface area contributed by atoms with Crippen LogP contribution in [-0.4, -0.2) is 64.0 Å². The summed E-state index contributed by atoms with van der Waals surface area (Å²) in [4.78, 5) is 49.0. The minimum Gasteiger partial charge on any atom is -0.405 e. The molecular weight excluding hydrogens is 406 g/mol. The monoisotopic (exact) mass is 427 g/mol. The first-order valence-electron chi connectivity index (χ1n) is 9.70. The lowest BCUT2D eigenvalue weighted by molar-refractivity contribution is -0.103. The zero-order chi connectivity index (χ0) is 21.6. The summed E-state index contributed by atoms with van der Waals surface area (Å²) in [5.74, 6) is -0.299. The Morgan fingerprint density at radius 1 is 1.30 bits per heavy atom. The van der Waals surface area contributed by atoms with Crippen LogP contribution in [0.2, 0.25) is 0 Å². The molecular formula is C21H22ClN5O3. The van der Waals surface area contributed by atoms with E-state index in [4.69, 9.17) is 17.3 Å². The molecule has 0 aliphatic carbocycles. The van der Waals surface area contributed by atoms with Crippen molar-refractivity contribution < 1.29 is 14.4 Å². The number of piperidine rings is 1. The number of nitrogens with two attached hydrogens (primary N) is 1. The standard InChI is InChI=1S/C21H22ClN5O3/c1-11-17-13(20(29)27(21(17)30)12-4-7-26(2)8-5-12)9-16-18(11)25-19(24-16)14(10-28)15(22)3-6-23/h3,6,9-10,12H,4-5,7-8,23H2,1-2H3,(H,24,25)/b6-3-,15-14-. The molecule has 4 rings (SSSR count). The first kappa shape index (κ1) is 20.3. The Balaban J connectivity index is 1.78. The van der Waals surface area contributed by atoms with Crippen molar-refractivity contribution >= 4 is 46.3 Å². The van der Waals surface area contributed by atoms with Crippen LogP contribution in [0.1, 0.15) is 44.9 Å². The minimum absolute atomic E-state index is 0.0960. The Morgan fingerprint density at radius 3 is 2.63 bits per heavy atom. The van der Waals surface area contributed by atoms with Gasteiger partial charge in [0.25, 0.3) is 11.8 Å². The number of nitrogens with one attached hydrogen (secondary N) is 1. The number of H-pyrrole nitrogens is 1. The summed E-state index contributed by atoms with van der Waals surface area (Å²) in [5.41, 5.74) is 7.93. The highest BCUT2D eigenvalue weighted by molar-refractivity contribution is 6.38. The number of imidazole rings is 1. The van der Waals surface area contributed by atoms with Crippen LogP contribution in [0.3, 0.4) is 0 Å². The predicted octanol–water partition coefficient (Wildman–Crippen LogP) is 2.18. The maximum absolute atomic E-state index is 13.2. The summed E-state index contributed by atoms with van der Waals surface area (Å²) in [6.07, 6.45) is 4.73. The third-order valence-electron chi connectivity index (χ3n) is 5.83. The first-order valence-corrected chi connectivity index (χ1v) is 10.1. The molecule has 0 spiro atoms. The number of aldehydes is 1. The van der Waals surface area contributed by atoms with Gasteiger partial charge in [-0.1, -0.05) is 11.6 Å². The number of allylic oxidation sites excluding steroid dienone is 3. The number of imide groups is 1. The highest BCUT2D eigenvalue weighted by Crippen LogP contribution is 2.34. The summed E-state index contributed by atoms with van der Waals surface area (Å²) in [6.45, 7) is 3.46. The average molecular weight is 428 g/mol. The molecule has 1 aromatic heterocycles. The van der Waals surface area contributed by atoms with Crippen molar-refractivity contribution in [2.24, 2.45) is 5.73 Å². The molecule has 0 radical (unpaired) electrons. The number of carbonyl (C=O) groups excluding carboxylic acids is 3. The smallest absolute Gasteiger partial charge is 0.262 e. The molecule has 0 saturated carbocycles. The Labute approximate surface area is 178 Å². The summed E-state index contributed by atoms with van der Waals surface area (Å²) < 4.78 is 0. The van der Waals surface area contributed by atoms with Crippen molar-refractivity contribution in [2.75, 3.05) is 20.1 Å². The average Bonchev–Trinajstić information content (AvgIpc) is 3.24. The van der Waals surface area contributed by atoms with Gasteiger partial charge in [-0.25, -0.2) is 4.98 Å². The first-order chi connectivity index (χ1) is 14.4. The third kappa shape index (κ3) is 3.12. The molecule has 8 nitrogen and oxygen atoms in total. The molecule has 156 valence electrons. The van der Waals surface area contributed by atoms with Crippen LogP contribution in [0.5, 0.6) is 0 Å². The Bertz CT molecular complexity index is 1130. The molecule has 2 amide bonds. The maximum Gasteiger partial charge on any atom is 0.262 e. The zero-order valence-electron chi connectivity index (χ0n) is 16.7. The Morgan fingerprint density at radius 2 is 2.00 bits per heavy atom. The highest BCUT2D eigenvalue weighted by Gasteiger charge is 2.42. The second-order valence-corrected chi connectivity index (χ2v) is 8.07. The van der Waals surface area contributed by atoms with Crippen LogP contribution in [0, 0.1) is 6.92 Å². The summed E-state index contributed by atoms with van der Waals surface area (Å²) >= 11 is 6.11. The Hall–Kier alpha value is -2.97. The van der Waals surface area contributed by atoms with E-state index in [1.807, 2.05) is 7.05 Å². The lowest BCUT2D eigenvalue weighted by atomic mass is 10.0. The van der Waals surface area contributed by atoms with Crippen LogP contribution in [0.15, 0.2) is 23.4 Å². The summed E-state index contributed by atoms with van der Waals surface area (Å²) in [5, 5.41) is 0.136. The van der Waals surface area contributed by atoms with Crippen molar-refractivity contribution in [1.82, 2.24) is 19.8 Å². The molecule has 1 saturated heterocycles. The number of nitrogens with zero attached hydrogens (tertiary/aromatic N) is 3. The van der Waals surface area contributed by atoms with Gasteiger partial charge in [-0.2, -0.15) is 0 Å². The number of aromatic nitrogens is 2. The van der Waals surface area contributed by atoms with Gasteiger partial charge in [-0.3, -0.25) is 19.3 Å². The summed E-state index contributed by atoms with van der Waals surface area (Å²) in [7, 11) is 2.03. The van der Waals surface area contributed by atoms with E-state index in [1.165, 1.54) is 17.2 Å². The van der Waals surface area contributed by atoms with Gasteiger partial charge in [0.2, 0.25) is 0 Å². The molecule has 1 aromatic carbocycles. The predicted molar refractivity (Wildman–Crippen MR) is 114 cm³/mol. The molecule has 0 bridgehead atoms. The lowest BCUT2D eigenvalue weighted by Gasteiger charge is -2.33. The van der Waals surface area contributed by atoms with E-state index in [1.54, 1.807) is 13.0 Å². The van der Waals surface area contributed by atoms with Gasteiger partial charge in [0, 0.05) is 6.04 Å². The molecule has 0 unspecified atom stereocenters. The molecule has 3 N–H and O–H groups in total. The number of rotatable bonds is 4. The second-order valence-electron chi connectivity index (χ2n) is 7.66. The van der Waals surface area contributed by atoms with Crippen molar-refractivity contribution in [3.63, 3.8) is 0 Å². The number of hydrogen-bond acceptors (Lipinski definition) is 6. The number of benzene rings is 1. The van der Waals surface area contributed by atoms with Crippen molar-refractivity contribution in [3.05, 3.63) is 45.9 Å². The number of carbonyl (C=O) groups is 3. The van der Waals surface area contributed by atoms with Crippen LogP contribution >= 0.6 is 11.6 Å². The van der Waals surface area contributed by atoms with Crippen LogP contribution < -0.4 is 5.73 Å². The lowest BCUT2D eigenvalue weighted by Crippen LogP contribution is -2.46. The van der Waals surface area contributed by atoms with Gasteiger partial charge in [-0.15, -0.1) is 0 Å². The minimum atomic E-state index is -0.277. The normalized spacial score (nSPS) is 19.1. The fourth-order valence-corrected chi connectivity index (χ4v) is 4.42. The van der Waals surface area contributed by atoms with Gasteiger partial charge < -0.3 is 15.6 Å². The molecule has 2 aliphatic heterocycles. The van der Waals surface area contributed by atoms with Crippen LogP contribution in [0.4, 0.5) is 0 Å². The van der Waals surface area contributed by atoms with E-state index in [9.17, 15) is 14.4 Å². The second kappa shape index (κ2) is 7.70. The maximum atomic E-state index is 13.2. The number of fused-ring (bicyclic) bond motifs is 2. The van der Waals surface area contributed by atoms with Crippen LogP contribution in [0.25, 0.3) is 16.6 Å². The Kier molecular flexibility index (Phi) is 5.21. The topological polar surface area (TPSA) is 112 Å². The van der Waals surface area contributed by atoms with Crippen molar-refractivity contribution in [3.8, 4) is 0 Å². The molecule has 1 fully saturated rings. The van der Waals surface area contributed by atoms with Crippen molar-refractivity contribution in [2.45, 2.75) is 25.8 Å². The molecule has 3 heterocycles. The summed E-state index contributed by atoms with van der Waals surface area (Å²) in [6, 6.07) is 1.54. The van der Waals surface area contributed by atoms with E-state index >= 15 is 0 Å². The van der Waals surface area contributed by atoms with E-state index < -0.39 is 0 Å². The van der Waals surface area contributed by atoms with Gasteiger partial charge in [-0.05, 0) is 63.8 Å². The highest BCUT2D eigenvalue weighted by atomic mass is 35.5. The number of aryl methyl sites for hydroxylation is 1. The van der Waals surface area contributed by atoms with Crippen LogP contribution in [-0.2, 0) is 4.79 Å². The number of aromatic amines is 1. The molecule has 30 heavy (non-hydrogen) atoms. The van der Waals surface area contributed by atoms with E-state index in [2.05, 4.69) is 14.9 Å². The molecule has 2 aliphatic rings. The number of likely N-dealkylation sites (tertiary alicyclic amines) is 1. The molecule has 2 aromatic rings. The van der Waals surface area contributed by atoms with Gasteiger partial charge in [0.1, 0.15) is 5.82 Å². The van der Waals surface area contributed by atoms with E-state index in [0.29, 0.717) is 34.0 Å². The van der Waals surface area contributed by atoms with Gasteiger partial charge in [0.05, 0.1) is 32.8 Å².